The molecule has 0 fully saturated rings. The van der Waals surface area contributed by atoms with Crippen molar-refractivity contribution in [3.63, 3.8) is 0 Å². The van der Waals surface area contributed by atoms with Crippen molar-refractivity contribution in [2.75, 3.05) is 0 Å². The van der Waals surface area contributed by atoms with Crippen molar-refractivity contribution in [3.8, 4) is 0 Å². The first-order valence-electron chi connectivity index (χ1n) is 8.63. The molecule has 0 amide bonds. The Labute approximate surface area is 172 Å². The molecular formula is C22H14ClNO4S. The lowest BCUT2D eigenvalue weighted by Gasteiger charge is -2.05. The number of sulfonamides is 1. The first-order chi connectivity index (χ1) is 13.9. The number of carbonyl (C=O) groups excluding carboxylic acids is 1. The summed E-state index contributed by atoms with van der Waals surface area (Å²) in [6.07, 6.45) is 0. The summed E-state index contributed by atoms with van der Waals surface area (Å²) < 4.78 is 35.3. The Morgan fingerprint density at radius 3 is 2.24 bits per heavy atom. The van der Waals surface area contributed by atoms with Crippen LogP contribution >= 0.6 is 11.6 Å². The molecule has 0 spiro atoms. The van der Waals surface area contributed by atoms with Crippen molar-refractivity contribution in [2.45, 2.75) is 4.90 Å². The molecule has 0 aliphatic carbocycles. The van der Waals surface area contributed by atoms with Gasteiger partial charge in [-0.05, 0) is 36.4 Å². The van der Waals surface area contributed by atoms with Gasteiger partial charge in [-0.2, -0.15) is 12.8 Å². The molecule has 0 saturated heterocycles. The molecule has 29 heavy (non-hydrogen) atoms. The van der Waals surface area contributed by atoms with E-state index in [0.29, 0.717) is 21.6 Å². The summed E-state index contributed by atoms with van der Waals surface area (Å²) in [7, 11) is -4.02. The molecule has 4 rings (SSSR count). The third-order valence-electron chi connectivity index (χ3n) is 4.24. The van der Waals surface area contributed by atoms with Crippen LogP contribution in [0.25, 0.3) is 11.0 Å². The molecule has 0 unspecified atom stereocenters. The topological polar surface area (TPSA) is 76.7 Å². The maximum atomic E-state index is 12.8. The molecular weight excluding hydrogens is 410 g/mol. The minimum Gasteiger partial charge on any atom is -0.452 e. The molecule has 4 aromatic rings. The van der Waals surface area contributed by atoms with Gasteiger partial charge in [-0.1, -0.05) is 54.1 Å². The van der Waals surface area contributed by atoms with Crippen LogP contribution in [0.15, 0.2) is 98.6 Å². The van der Waals surface area contributed by atoms with E-state index in [4.69, 9.17) is 16.0 Å². The Morgan fingerprint density at radius 1 is 0.862 bits per heavy atom. The van der Waals surface area contributed by atoms with E-state index >= 15 is 0 Å². The highest BCUT2D eigenvalue weighted by molar-refractivity contribution is 7.90. The quantitative estimate of drug-likeness (QED) is 0.449. The van der Waals surface area contributed by atoms with Gasteiger partial charge in [-0.15, -0.1) is 0 Å². The number of halogens is 1. The fourth-order valence-electron chi connectivity index (χ4n) is 2.83. The summed E-state index contributed by atoms with van der Waals surface area (Å²) in [5.74, 6) is -0.364. The number of carbonyl (C=O) groups is 1. The second kappa shape index (κ2) is 7.66. The predicted molar refractivity (Wildman–Crippen MR) is 110 cm³/mol. The van der Waals surface area contributed by atoms with E-state index in [9.17, 15) is 13.2 Å². The molecule has 5 nitrogen and oxygen atoms in total. The molecule has 1 heterocycles. The van der Waals surface area contributed by atoms with E-state index in [-0.39, 0.29) is 21.8 Å². The van der Waals surface area contributed by atoms with Crippen LogP contribution in [0, 0.1) is 0 Å². The van der Waals surface area contributed by atoms with Gasteiger partial charge in [0.1, 0.15) is 5.58 Å². The van der Waals surface area contributed by atoms with Gasteiger partial charge in [-0.25, -0.2) is 0 Å². The molecule has 0 N–H and O–H groups in total. The van der Waals surface area contributed by atoms with Crippen LogP contribution in [0.3, 0.4) is 0 Å². The van der Waals surface area contributed by atoms with Crippen molar-refractivity contribution >= 4 is 38.4 Å². The van der Waals surface area contributed by atoms with Crippen LogP contribution in [-0.2, 0) is 10.0 Å². The molecule has 1 aromatic heterocycles. The Bertz CT molecular complexity index is 1380. The summed E-state index contributed by atoms with van der Waals surface area (Å²) in [5.41, 5.74) is 0.789. The highest BCUT2D eigenvalue weighted by Gasteiger charge is 2.16. The van der Waals surface area contributed by atoms with E-state index in [2.05, 4.69) is 4.40 Å². The van der Waals surface area contributed by atoms with Gasteiger partial charge in [0.15, 0.2) is 5.76 Å². The molecule has 144 valence electrons. The monoisotopic (exact) mass is 423 g/mol. The van der Waals surface area contributed by atoms with E-state index in [1.165, 1.54) is 30.3 Å². The van der Waals surface area contributed by atoms with Crippen LogP contribution in [0.1, 0.15) is 16.1 Å². The van der Waals surface area contributed by atoms with Crippen molar-refractivity contribution in [1.82, 2.24) is 0 Å². The highest BCUT2D eigenvalue weighted by atomic mass is 35.5. The van der Waals surface area contributed by atoms with Gasteiger partial charge in [0.05, 0.1) is 10.3 Å². The molecule has 0 radical (unpaired) electrons. The van der Waals surface area contributed by atoms with E-state index in [1.54, 1.807) is 54.6 Å². The molecule has 0 aliphatic heterocycles. The maximum absolute atomic E-state index is 12.8. The number of ketones is 1. The minimum atomic E-state index is -4.02. The number of hydrogen-bond donors (Lipinski definition) is 0. The number of para-hydroxylation sites is 1. The summed E-state index contributed by atoms with van der Waals surface area (Å²) in [4.78, 5) is 12.8. The first kappa shape index (κ1) is 19.1. The van der Waals surface area contributed by atoms with Gasteiger partial charge in [0, 0.05) is 22.0 Å². The van der Waals surface area contributed by atoms with Gasteiger partial charge in [0.2, 0.25) is 5.78 Å². The predicted octanol–water partition coefficient (Wildman–Crippen LogP) is 4.61. The van der Waals surface area contributed by atoms with Crippen molar-refractivity contribution in [2.24, 2.45) is 4.40 Å². The third kappa shape index (κ3) is 3.99. The fourth-order valence-corrected chi connectivity index (χ4v) is 3.95. The summed E-state index contributed by atoms with van der Waals surface area (Å²) >= 11 is 5.84. The number of benzene rings is 3. The summed E-state index contributed by atoms with van der Waals surface area (Å²) in [5, 5.41) is 1.03. The largest absolute Gasteiger partial charge is 0.452 e. The summed E-state index contributed by atoms with van der Waals surface area (Å²) in [6, 6.07) is 22.5. The van der Waals surface area contributed by atoms with Crippen molar-refractivity contribution < 1.29 is 17.6 Å². The second-order valence-corrected chi connectivity index (χ2v) is 8.25. The molecule has 0 aliphatic rings. The average Bonchev–Trinajstić information content (AvgIpc) is 2.74. The van der Waals surface area contributed by atoms with Gasteiger partial charge in [0.25, 0.3) is 10.0 Å². The van der Waals surface area contributed by atoms with Crippen LogP contribution in [0.5, 0.6) is 0 Å². The average molecular weight is 424 g/mol. The zero-order chi connectivity index (χ0) is 20.4. The molecule has 7 heteroatoms. The van der Waals surface area contributed by atoms with Crippen LogP contribution in [0.2, 0.25) is 5.02 Å². The minimum absolute atomic E-state index is 0.0000406. The van der Waals surface area contributed by atoms with Gasteiger partial charge < -0.3 is 4.42 Å². The van der Waals surface area contributed by atoms with Gasteiger partial charge in [-0.3, -0.25) is 4.79 Å². The molecule has 0 bridgehead atoms. The Morgan fingerprint density at radius 2 is 1.52 bits per heavy atom. The number of fused-ring (bicyclic) bond motifs is 1. The summed E-state index contributed by atoms with van der Waals surface area (Å²) in [6.45, 7) is 0. The van der Waals surface area contributed by atoms with E-state index in [0.717, 1.165) is 0 Å². The SMILES string of the molecule is O=C(c1ccccc1)c1cc(=NS(=O)(=O)c2ccc(Cl)cc2)c2ccccc2o1. The number of rotatable bonds is 4. The standard InChI is InChI=1S/C22H14ClNO4S/c23-16-10-12-17(13-11-16)29(26,27)24-19-14-21(22(25)15-6-2-1-3-7-15)28-20-9-5-4-8-18(19)20/h1-14H. The molecule has 3 aromatic carbocycles. The Kier molecular flexibility index (Phi) is 5.05. The molecule has 0 saturated carbocycles. The lowest BCUT2D eigenvalue weighted by atomic mass is 10.1. The van der Waals surface area contributed by atoms with Crippen molar-refractivity contribution in [3.05, 3.63) is 107 Å². The first-order valence-corrected chi connectivity index (χ1v) is 10.4. The Hall–Kier alpha value is -3.22. The van der Waals surface area contributed by atoms with Crippen LogP contribution in [-0.4, -0.2) is 14.2 Å². The van der Waals surface area contributed by atoms with Crippen LogP contribution < -0.4 is 5.36 Å². The lowest BCUT2D eigenvalue weighted by molar-refractivity contribution is 0.101. The molecule has 0 atom stereocenters. The number of nitrogens with zero attached hydrogens (tertiary/aromatic N) is 1. The normalized spacial score (nSPS) is 12.2. The van der Waals surface area contributed by atoms with E-state index in [1.807, 2.05) is 0 Å². The number of hydrogen-bond acceptors (Lipinski definition) is 4. The Balaban J connectivity index is 1.93. The highest BCUT2D eigenvalue weighted by Crippen LogP contribution is 2.18. The maximum Gasteiger partial charge on any atom is 0.282 e. The zero-order valence-corrected chi connectivity index (χ0v) is 16.5. The zero-order valence-electron chi connectivity index (χ0n) is 14.9. The van der Waals surface area contributed by atoms with Gasteiger partial charge >= 0.3 is 0 Å². The smallest absolute Gasteiger partial charge is 0.282 e. The lowest BCUT2D eigenvalue weighted by Crippen LogP contribution is -2.12. The van der Waals surface area contributed by atoms with Crippen LogP contribution in [0.4, 0.5) is 0 Å². The van der Waals surface area contributed by atoms with Crippen molar-refractivity contribution in [1.29, 1.82) is 0 Å². The fraction of sp³-hybridized carbons (Fsp3) is 0. The van der Waals surface area contributed by atoms with E-state index < -0.39 is 10.0 Å². The third-order valence-corrected chi connectivity index (χ3v) is 5.80. The second-order valence-electron chi connectivity index (χ2n) is 6.21.